The predicted octanol–water partition coefficient (Wildman–Crippen LogP) is 2.81. The summed E-state index contributed by atoms with van der Waals surface area (Å²) >= 11 is 0. The number of hydrogen-bond donors (Lipinski definition) is 3. The van der Waals surface area contributed by atoms with Crippen LogP contribution in [0, 0.1) is 23.5 Å². The Balaban J connectivity index is 2.40. The highest BCUT2D eigenvalue weighted by molar-refractivity contribution is 5.73. The lowest BCUT2D eigenvalue weighted by molar-refractivity contribution is 0.224. The molecule has 0 spiro atoms. The van der Waals surface area contributed by atoms with Crippen LogP contribution in [0.25, 0.3) is 0 Å². The summed E-state index contributed by atoms with van der Waals surface area (Å²) in [6.45, 7) is 4.60. The summed E-state index contributed by atoms with van der Waals surface area (Å²) in [5.41, 5.74) is 0.101. The largest absolute Gasteiger partial charge is 0.396 e. The summed E-state index contributed by atoms with van der Waals surface area (Å²) in [6.07, 6.45) is 1.52. The van der Waals surface area contributed by atoms with Crippen LogP contribution in [0.3, 0.4) is 0 Å². The van der Waals surface area contributed by atoms with Crippen molar-refractivity contribution in [2.24, 2.45) is 11.8 Å². The molecule has 0 bridgehead atoms. The van der Waals surface area contributed by atoms with E-state index in [9.17, 15) is 13.6 Å². The fraction of sp³-hybridized carbons (Fsp3) is 0.562. The lowest BCUT2D eigenvalue weighted by Gasteiger charge is -2.18. The van der Waals surface area contributed by atoms with Gasteiger partial charge < -0.3 is 15.7 Å². The molecule has 1 rings (SSSR count). The van der Waals surface area contributed by atoms with Gasteiger partial charge in [0, 0.05) is 25.3 Å². The second-order valence-corrected chi connectivity index (χ2v) is 5.81. The molecule has 0 fully saturated rings. The number of amides is 2. The zero-order chi connectivity index (χ0) is 16.5. The second-order valence-electron chi connectivity index (χ2n) is 5.81. The van der Waals surface area contributed by atoms with Crippen molar-refractivity contribution in [3.05, 3.63) is 35.4 Å². The molecule has 3 N–H and O–H groups in total. The monoisotopic (exact) mass is 314 g/mol. The third kappa shape index (κ3) is 6.85. The van der Waals surface area contributed by atoms with E-state index in [2.05, 4.69) is 24.5 Å². The molecule has 0 heterocycles. The number of urea groups is 1. The van der Waals surface area contributed by atoms with Crippen molar-refractivity contribution in [2.75, 3.05) is 13.2 Å². The van der Waals surface area contributed by atoms with Crippen LogP contribution in [-0.4, -0.2) is 24.3 Å². The van der Waals surface area contributed by atoms with E-state index >= 15 is 0 Å². The molecule has 4 nitrogen and oxygen atoms in total. The molecule has 1 aromatic carbocycles. The molecule has 22 heavy (non-hydrogen) atoms. The molecule has 0 aliphatic heterocycles. The molecule has 2 amide bonds. The van der Waals surface area contributed by atoms with Crippen molar-refractivity contribution in [3.8, 4) is 0 Å². The first-order valence-corrected chi connectivity index (χ1v) is 7.48. The van der Waals surface area contributed by atoms with Crippen molar-refractivity contribution in [3.63, 3.8) is 0 Å². The van der Waals surface area contributed by atoms with Gasteiger partial charge >= 0.3 is 6.03 Å². The topological polar surface area (TPSA) is 61.4 Å². The van der Waals surface area contributed by atoms with Crippen LogP contribution in [0.5, 0.6) is 0 Å². The van der Waals surface area contributed by atoms with Crippen LogP contribution >= 0.6 is 0 Å². The fourth-order valence-electron chi connectivity index (χ4n) is 2.31. The Kier molecular flexibility index (Phi) is 7.80. The van der Waals surface area contributed by atoms with Crippen molar-refractivity contribution < 1.29 is 18.7 Å². The number of carbonyl (C=O) groups excluding carboxylic acids is 1. The molecule has 0 aromatic heterocycles. The molecule has 124 valence electrons. The van der Waals surface area contributed by atoms with Gasteiger partial charge in [0.15, 0.2) is 0 Å². The van der Waals surface area contributed by atoms with E-state index in [4.69, 9.17) is 5.11 Å². The Morgan fingerprint density at radius 1 is 1.27 bits per heavy atom. The third-order valence-corrected chi connectivity index (χ3v) is 3.34. The smallest absolute Gasteiger partial charge is 0.315 e. The first-order valence-electron chi connectivity index (χ1n) is 7.48. The van der Waals surface area contributed by atoms with Crippen LogP contribution in [-0.2, 0) is 6.54 Å². The maximum atomic E-state index is 13.4. The van der Waals surface area contributed by atoms with Gasteiger partial charge in [0.1, 0.15) is 11.6 Å². The third-order valence-electron chi connectivity index (χ3n) is 3.34. The highest BCUT2D eigenvalue weighted by Crippen LogP contribution is 2.14. The molecular weight excluding hydrogens is 290 g/mol. The SMILES string of the molecule is CC(C)CC(CCO)CNC(=O)NCc1cc(F)ccc1F. The number of benzene rings is 1. The maximum Gasteiger partial charge on any atom is 0.315 e. The first kappa shape index (κ1) is 18.4. The fourth-order valence-corrected chi connectivity index (χ4v) is 2.31. The summed E-state index contributed by atoms with van der Waals surface area (Å²) in [4.78, 5) is 11.7. The number of nitrogens with one attached hydrogen (secondary N) is 2. The van der Waals surface area contributed by atoms with Crippen LogP contribution in [0.15, 0.2) is 18.2 Å². The minimum Gasteiger partial charge on any atom is -0.396 e. The standard InChI is InChI=1S/C16H24F2N2O2/c1-11(2)7-12(5-6-21)9-19-16(22)20-10-13-8-14(17)3-4-15(13)18/h3-4,8,11-12,21H,5-7,9-10H2,1-2H3,(H2,19,20,22). The number of aliphatic hydroxyl groups is 1. The molecule has 0 aliphatic carbocycles. The van der Waals surface area contributed by atoms with Gasteiger partial charge in [0.25, 0.3) is 0 Å². The lowest BCUT2D eigenvalue weighted by atomic mass is 9.94. The molecule has 0 saturated heterocycles. The molecule has 6 heteroatoms. The summed E-state index contributed by atoms with van der Waals surface area (Å²) in [5, 5.41) is 14.2. The number of carbonyl (C=O) groups is 1. The predicted molar refractivity (Wildman–Crippen MR) is 81.2 cm³/mol. The van der Waals surface area contributed by atoms with Crippen molar-refractivity contribution in [1.82, 2.24) is 10.6 Å². The van der Waals surface area contributed by atoms with Crippen LogP contribution in [0.1, 0.15) is 32.3 Å². The normalized spacial score (nSPS) is 12.3. The van der Waals surface area contributed by atoms with Gasteiger partial charge in [-0.2, -0.15) is 0 Å². The van der Waals surface area contributed by atoms with E-state index in [1.165, 1.54) is 0 Å². The van der Waals surface area contributed by atoms with E-state index in [1.807, 2.05) is 0 Å². The van der Waals surface area contributed by atoms with E-state index < -0.39 is 17.7 Å². The highest BCUT2D eigenvalue weighted by Gasteiger charge is 2.12. The lowest BCUT2D eigenvalue weighted by Crippen LogP contribution is -2.38. The van der Waals surface area contributed by atoms with Gasteiger partial charge in [-0.3, -0.25) is 0 Å². The van der Waals surface area contributed by atoms with E-state index in [0.717, 1.165) is 24.6 Å². The van der Waals surface area contributed by atoms with Crippen molar-refractivity contribution in [1.29, 1.82) is 0 Å². The van der Waals surface area contributed by atoms with Crippen molar-refractivity contribution >= 4 is 6.03 Å². The number of hydrogen-bond acceptors (Lipinski definition) is 2. The molecule has 1 atom stereocenters. The second kappa shape index (κ2) is 9.35. The highest BCUT2D eigenvalue weighted by atomic mass is 19.1. The summed E-state index contributed by atoms with van der Waals surface area (Å²) < 4.78 is 26.4. The van der Waals surface area contributed by atoms with Gasteiger partial charge in [-0.05, 0) is 42.9 Å². The van der Waals surface area contributed by atoms with Gasteiger partial charge in [0.2, 0.25) is 0 Å². The van der Waals surface area contributed by atoms with Gasteiger partial charge in [0.05, 0.1) is 0 Å². The molecular formula is C16H24F2N2O2. The number of rotatable bonds is 8. The Bertz CT molecular complexity index is 481. The molecule has 1 unspecified atom stereocenters. The van der Waals surface area contributed by atoms with Gasteiger partial charge in [-0.25, -0.2) is 13.6 Å². The van der Waals surface area contributed by atoms with Crippen LogP contribution in [0.2, 0.25) is 0 Å². The van der Waals surface area contributed by atoms with Crippen molar-refractivity contribution in [2.45, 2.75) is 33.2 Å². The average molecular weight is 314 g/mol. The number of aliphatic hydroxyl groups excluding tert-OH is 1. The molecule has 0 saturated carbocycles. The van der Waals surface area contributed by atoms with Crippen LogP contribution in [0.4, 0.5) is 13.6 Å². The average Bonchev–Trinajstić information content (AvgIpc) is 2.45. The van der Waals surface area contributed by atoms with Gasteiger partial charge in [-0.1, -0.05) is 13.8 Å². The Morgan fingerprint density at radius 3 is 2.64 bits per heavy atom. The minimum atomic E-state index is -0.556. The Hall–Kier alpha value is -1.69. The first-order chi connectivity index (χ1) is 10.4. The zero-order valence-corrected chi connectivity index (χ0v) is 13.0. The maximum absolute atomic E-state index is 13.4. The van der Waals surface area contributed by atoms with E-state index in [1.54, 1.807) is 0 Å². The minimum absolute atomic E-state index is 0.0786. The van der Waals surface area contributed by atoms with E-state index in [-0.39, 0.29) is 24.6 Å². The summed E-state index contributed by atoms with van der Waals surface area (Å²) in [6, 6.07) is 2.69. The summed E-state index contributed by atoms with van der Waals surface area (Å²) in [5.74, 6) is -0.428. The van der Waals surface area contributed by atoms with Crippen LogP contribution < -0.4 is 10.6 Å². The Morgan fingerprint density at radius 2 is 2.00 bits per heavy atom. The molecule has 0 radical (unpaired) electrons. The molecule has 1 aromatic rings. The zero-order valence-electron chi connectivity index (χ0n) is 13.0. The number of halogens is 2. The quantitative estimate of drug-likeness (QED) is 0.691. The molecule has 0 aliphatic rings. The van der Waals surface area contributed by atoms with Gasteiger partial charge in [-0.15, -0.1) is 0 Å². The van der Waals surface area contributed by atoms with E-state index in [0.29, 0.717) is 18.9 Å². The summed E-state index contributed by atoms with van der Waals surface area (Å²) in [7, 11) is 0. The Labute approximate surface area is 129 Å².